The maximum atomic E-state index is 13.6. The van der Waals surface area contributed by atoms with E-state index >= 15 is 0 Å². The van der Waals surface area contributed by atoms with Gasteiger partial charge in [0.05, 0.1) is 18.7 Å². The second kappa shape index (κ2) is 13.3. The molecule has 2 fully saturated rings. The number of amides is 1. The van der Waals surface area contributed by atoms with Crippen molar-refractivity contribution in [3.8, 4) is 34.1 Å². The van der Waals surface area contributed by atoms with Crippen molar-refractivity contribution in [1.82, 2.24) is 19.6 Å². The molecule has 0 spiro atoms. The van der Waals surface area contributed by atoms with Crippen LogP contribution in [0, 0.1) is 11.3 Å². The van der Waals surface area contributed by atoms with Crippen LogP contribution < -0.4 is 4.74 Å². The van der Waals surface area contributed by atoms with E-state index in [1.165, 1.54) is 0 Å². The van der Waals surface area contributed by atoms with Crippen molar-refractivity contribution in [2.24, 2.45) is 0 Å². The van der Waals surface area contributed by atoms with Crippen molar-refractivity contribution in [3.05, 3.63) is 77.4 Å². The van der Waals surface area contributed by atoms with Crippen LogP contribution in [0.15, 0.2) is 60.7 Å². The van der Waals surface area contributed by atoms with Crippen LogP contribution in [0.3, 0.4) is 0 Å². The normalized spacial score (nSPS) is 17.5. The Hall–Kier alpha value is -3.70. The Morgan fingerprint density at radius 3 is 2.34 bits per heavy atom. The zero-order chi connectivity index (χ0) is 28.8. The molecule has 0 radical (unpaired) electrons. The van der Waals surface area contributed by atoms with Gasteiger partial charge in [-0.05, 0) is 99.2 Å². The Morgan fingerprint density at radius 2 is 1.56 bits per heavy atom. The van der Waals surface area contributed by atoms with Gasteiger partial charge in [0.2, 0.25) is 0 Å². The van der Waals surface area contributed by atoms with Crippen LogP contribution in [-0.2, 0) is 6.54 Å². The van der Waals surface area contributed by atoms with E-state index in [0.717, 1.165) is 105 Å². The minimum absolute atomic E-state index is 0.0509. The van der Waals surface area contributed by atoms with Gasteiger partial charge in [0.25, 0.3) is 5.91 Å². The Labute approximate surface area is 244 Å². The number of nitrogens with zero attached hydrogens (tertiary/aromatic N) is 5. The summed E-state index contributed by atoms with van der Waals surface area (Å²) in [4.78, 5) is 22.7. The van der Waals surface area contributed by atoms with Crippen molar-refractivity contribution in [1.29, 1.82) is 5.26 Å². The van der Waals surface area contributed by atoms with Crippen LogP contribution in [0.25, 0.3) is 22.3 Å². The summed E-state index contributed by atoms with van der Waals surface area (Å²) in [6, 6.07) is 22.5. The van der Waals surface area contributed by atoms with E-state index in [0.29, 0.717) is 11.1 Å². The van der Waals surface area contributed by atoms with E-state index in [-0.39, 0.29) is 5.91 Å². The largest absolute Gasteiger partial charge is 0.497 e. The van der Waals surface area contributed by atoms with Crippen LogP contribution in [0.5, 0.6) is 5.75 Å². The highest BCUT2D eigenvalue weighted by molar-refractivity contribution is 5.98. The van der Waals surface area contributed by atoms with Crippen molar-refractivity contribution >= 4 is 5.91 Å². The van der Waals surface area contributed by atoms with Gasteiger partial charge in [-0.15, -0.1) is 0 Å². The Bertz CT molecular complexity index is 1410. The summed E-state index contributed by atoms with van der Waals surface area (Å²) in [7, 11) is 5.94. The van der Waals surface area contributed by atoms with Crippen LogP contribution in [-0.4, -0.2) is 99.1 Å². The summed E-state index contributed by atoms with van der Waals surface area (Å²) in [6.45, 7) is 8.47. The number of hydrogen-bond donors (Lipinski definition) is 0. The molecule has 3 aromatic rings. The number of rotatable bonds is 6. The number of likely N-dealkylation sites (N-methyl/N-ethyl adjacent to an activating group) is 2. The number of carbonyl (C=O) groups excluding carboxylic acids is 1. The van der Waals surface area contributed by atoms with Gasteiger partial charge in [0.15, 0.2) is 0 Å². The fraction of sp³-hybridized carbons (Fsp3) is 0.412. The third-order valence-electron chi connectivity index (χ3n) is 8.37. The van der Waals surface area contributed by atoms with Gasteiger partial charge in [-0.25, -0.2) is 0 Å². The minimum atomic E-state index is 0.0509. The molecule has 41 heavy (non-hydrogen) atoms. The molecule has 2 heterocycles. The summed E-state index contributed by atoms with van der Waals surface area (Å²) in [5.41, 5.74) is 6.14. The maximum Gasteiger partial charge on any atom is 0.253 e. The lowest BCUT2D eigenvalue weighted by Crippen LogP contribution is -2.34. The summed E-state index contributed by atoms with van der Waals surface area (Å²) in [6.07, 6.45) is 2.12. The number of benzene rings is 3. The molecule has 7 nitrogen and oxygen atoms in total. The van der Waals surface area contributed by atoms with E-state index < -0.39 is 0 Å². The third kappa shape index (κ3) is 6.97. The van der Waals surface area contributed by atoms with Gasteiger partial charge in [-0.3, -0.25) is 9.69 Å². The van der Waals surface area contributed by atoms with E-state index in [4.69, 9.17) is 4.74 Å². The van der Waals surface area contributed by atoms with E-state index in [1.807, 2.05) is 53.4 Å². The van der Waals surface area contributed by atoms with Crippen molar-refractivity contribution in [3.63, 3.8) is 0 Å². The molecule has 0 saturated carbocycles. The summed E-state index contributed by atoms with van der Waals surface area (Å²) < 4.78 is 5.53. The van der Waals surface area contributed by atoms with Gasteiger partial charge in [0, 0.05) is 50.4 Å². The number of ether oxygens (including phenoxy) is 1. The first kappa shape index (κ1) is 28.8. The molecule has 214 valence electrons. The van der Waals surface area contributed by atoms with Crippen LogP contribution in [0.1, 0.15) is 34.3 Å². The van der Waals surface area contributed by atoms with E-state index in [1.54, 1.807) is 7.11 Å². The number of carbonyl (C=O) groups is 1. The third-order valence-corrected chi connectivity index (χ3v) is 8.37. The molecule has 7 heteroatoms. The molecule has 0 N–H and O–H groups in total. The monoisotopic (exact) mass is 551 g/mol. The molecule has 1 amide bonds. The molecule has 0 aromatic heterocycles. The van der Waals surface area contributed by atoms with Crippen molar-refractivity contribution in [2.45, 2.75) is 19.4 Å². The van der Waals surface area contributed by atoms with Crippen molar-refractivity contribution < 1.29 is 9.53 Å². The molecule has 3 aromatic carbocycles. The summed E-state index contributed by atoms with van der Waals surface area (Å²) in [5.74, 6) is 0.801. The molecule has 2 aliphatic rings. The average Bonchev–Trinajstić information content (AvgIpc) is 3.35. The van der Waals surface area contributed by atoms with Crippen LogP contribution >= 0.6 is 0 Å². The second-order valence-electron chi connectivity index (χ2n) is 11.4. The first-order valence-electron chi connectivity index (χ1n) is 14.7. The zero-order valence-electron chi connectivity index (χ0n) is 24.6. The number of hydrogen-bond acceptors (Lipinski definition) is 6. The minimum Gasteiger partial charge on any atom is -0.497 e. The summed E-state index contributed by atoms with van der Waals surface area (Å²) in [5, 5.41) is 10.2. The molecule has 0 bridgehead atoms. The molecule has 0 unspecified atom stereocenters. The average molecular weight is 552 g/mol. The molecule has 0 aliphatic carbocycles. The lowest BCUT2D eigenvalue weighted by Gasteiger charge is -2.22. The SMILES string of the molecule is COc1cccc(-c2cc(C(=O)N3CCCN(C)CC3)ccc2-c2ccc(CN3CCCN(C)CC3)cc2C#N)c1. The number of methoxy groups -OCH3 is 1. The predicted molar refractivity (Wildman–Crippen MR) is 164 cm³/mol. The van der Waals surface area contributed by atoms with E-state index in [2.05, 4.69) is 47.0 Å². The maximum absolute atomic E-state index is 13.6. The van der Waals surface area contributed by atoms with Gasteiger partial charge < -0.3 is 19.4 Å². The Kier molecular flexibility index (Phi) is 9.35. The smallest absolute Gasteiger partial charge is 0.253 e. The topological polar surface area (TPSA) is 63.1 Å². The van der Waals surface area contributed by atoms with E-state index in [9.17, 15) is 10.1 Å². The quantitative estimate of drug-likeness (QED) is 0.438. The molecule has 2 aliphatic heterocycles. The zero-order valence-corrected chi connectivity index (χ0v) is 24.6. The lowest BCUT2D eigenvalue weighted by molar-refractivity contribution is 0.0763. The van der Waals surface area contributed by atoms with Gasteiger partial charge in [0.1, 0.15) is 5.75 Å². The van der Waals surface area contributed by atoms with Gasteiger partial charge >= 0.3 is 0 Å². The Balaban J connectivity index is 1.51. The predicted octanol–water partition coefficient (Wildman–Crippen LogP) is 4.82. The fourth-order valence-electron chi connectivity index (χ4n) is 5.91. The standard InChI is InChI=1S/C34H41N5O2/c1-36-13-5-15-38(19-17-36)25-26-9-11-31(29(21-26)24-35)32-12-10-28(34(40)39-16-6-14-37(2)18-20-39)23-33(32)27-7-4-8-30(22-27)41-3/h4,7-12,21-23H,5-6,13-20,25H2,1-3H3. The summed E-state index contributed by atoms with van der Waals surface area (Å²) >= 11 is 0. The van der Waals surface area contributed by atoms with Gasteiger partial charge in [-0.2, -0.15) is 5.26 Å². The van der Waals surface area contributed by atoms with Crippen LogP contribution in [0.2, 0.25) is 0 Å². The first-order valence-corrected chi connectivity index (χ1v) is 14.7. The molecule has 0 atom stereocenters. The second-order valence-corrected chi connectivity index (χ2v) is 11.4. The van der Waals surface area contributed by atoms with Crippen molar-refractivity contribution in [2.75, 3.05) is 73.6 Å². The molecular formula is C34H41N5O2. The molecule has 5 rings (SSSR count). The molecule has 2 saturated heterocycles. The highest BCUT2D eigenvalue weighted by Crippen LogP contribution is 2.37. The highest BCUT2D eigenvalue weighted by atomic mass is 16.5. The fourth-order valence-corrected chi connectivity index (χ4v) is 5.91. The van der Waals surface area contributed by atoms with Gasteiger partial charge in [-0.1, -0.05) is 30.3 Å². The first-order chi connectivity index (χ1) is 19.9. The highest BCUT2D eigenvalue weighted by Gasteiger charge is 2.22. The Morgan fingerprint density at radius 1 is 0.805 bits per heavy atom. The lowest BCUT2D eigenvalue weighted by atomic mass is 9.89. The van der Waals surface area contributed by atoms with Crippen LogP contribution in [0.4, 0.5) is 0 Å². The molecular weight excluding hydrogens is 510 g/mol. The number of nitriles is 1.